The van der Waals surface area contributed by atoms with Crippen molar-refractivity contribution in [2.75, 3.05) is 6.61 Å². The number of carboxylic acid groups (broad SMARTS) is 1. The summed E-state index contributed by atoms with van der Waals surface area (Å²) in [6, 6.07) is 7.00. The molecule has 1 aromatic rings. The Labute approximate surface area is 118 Å². The zero-order valence-electron chi connectivity index (χ0n) is 11.9. The van der Waals surface area contributed by atoms with E-state index < -0.39 is 5.97 Å². The summed E-state index contributed by atoms with van der Waals surface area (Å²) in [5.74, 6) is -0.366. The molecule has 5 nitrogen and oxygen atoms in total. The first kappa shape index (κ1) is 16.0. The summed E-state index contributed by atoms with van der Waals surface area (Å²) >= 11 is 0. The number of ether oxygens (including phenoxy) is 1. The standard InChI is InChI=1S/C15H21NO4/c1-3-7-20-13-6-4-5-12(9-13)10-14(17)16-11(2)8-15(18)19/h4-6,9,11H,3,7-8,10H2,1-2H3,(H,16,17)(H,18,19). The lowest BCUT2D eigenvalue weighted by Gasteiger charge is -2.12. The molecule has 0 heterocycles. The molecule has 0 aliphatic heterocycles. The molecule has 1 atom stereocenters. The monoisotopic (exact) mass is 279 g/mol. The molecule has 0 saturated heterocycles. The van der Waals surface area contributed by atoms with Crippen molar-refractivity contribution in [2.24, 2.45) is 0 Å². The predicted molar refractivity (Wildman–Crippen MR) is 75.8 cm³/mol. The lowest BCUT2D eigenvalue weighted by Crippen LogP contribution is -2.35. The van der Waals surface area contributed by atoms with E-state index in [9.17, 15) is 9.59 Å². The van der Waals surface area contributed by atoms with Gasteiger partial charge in [0.25, 0.3) is 0 Å². The number of benzene rings is 1. The fraction of sp³-hybridized carbons (Fsp3) is 0.467. The summed E-state index contributed by atoms with van der Waals surface area (Å²) in [4.78, 5) is 22.3. The number of amides is 1. The second-order valence-electron chi connectivity index (χ2n) is 4.74. The van der Waals surface area contributed by atoms with Crippen LogP contribution in [-0.2, 0) is 16.0 Å². The van der Waals surface area contributed by atoms with Gasteiger partial charge in [-0.15, -0.1) is 0 Å². The van der Waals surface area contributed by atoms with Crippen LogP contribution in [0.3, 0.4) is 0 Å². The number of nitrogens with one attached hydrogen (secondary N) is 1. The van der Waals surface area contributed by atoms with Crippen LogP contribution < -0.4 is 10.1 Å². The maximum atomic E-state index is 11.8. The summed E-state index contributed by atoms with van der Waals surface area (Å²) in [5.41, 5.74) is 0.846. The van der Waals surface area contributed by atoms with Crippen molar-refractivity contribution in [2.45, 2.75) is 39.2 Å². The second-order valence-corrected chi connectivity index (χ2v) is 4.74. The van der Waals surface area contributed by atoms with Crippen molar-refractivity contribution in [1.29, 1.82) is 0 Å². The van der Waals surface area contributed by atoms with Gasteiger partial charge in [-0.2, -0.15) is 0 Å². The highest BCUT2D eigenvalue weighted by atomic mass is 16.5. The first-order valence-corrected chi connectivity index (χ1v) is 6.74. The maximum absolute atomic E-state index is 11.8. The van der Waals surface area contributed by atoms with Crippen LogP contribution in [0.2, 0.25) is 0 Å². The van der Waals surface area contributed by atoms with E-state index in [0.29, 0.717) is 6.61 Å². The number of aliphatic carboxylic acids is 1. The number of rotatable bonds is 8. The molecule has 0 bridgehead atoms. The summed E-state index contributed by atoms with van der Waals surface area (Å²) in [5, 5.41) is 11.3. The fourth-order valence-corrected chi connectivity index (χ4v) is 1.79. The molecule has 0 saturated carbocycles. The van der Waals surface area contributed by atoms with Crippen LogP contribution in [0.25, 0.3) is 0 Å². The number of carbonyl (C=O) groups is 2. The van der Waals surface area contributed by atoms with E-state index in [1.165, 1.54) is 0 Å². The zero-order valence-corrected chi connectivity index (χ0v) is 11.9. The highest BCUT2D eigenvalue weighted by molar-refractivity contribution is 5.79. The Balaban J connectivity index is 2.50. The Morgan fingerprint density at radius 2 is 2.15 bits per heavy atom. The highest BCUT2D eigenvalue weighted by Gasteiger charge is 2.11. The Morgan fingerprint density at radius 1 is 1.40 bits per heavy atom. The minimum atomic E-state index is -0.923. The van der Waals surface area contributed by atoms with Crippen LogP contribution in [0.4, 0.5) is 0 Å². The largest absolute Gasteiger partial charge is 0.494 e. The van der Waals surface area contributed by atoms with E-state index in [-0.39, 0.29) is 24.8 Å². The van der Waals surface area contributed by atoms with Gasteiger partial charge in [0.15, 0.2) is 0 Å². The molecule has 0 aliphatic rings. The third-order valence-corrected chi connectivity index (χ3v) is 2.62. The molecule has 2 N–H and O–H groups in total. The first-order valence-electron chi connectivity index (χ1n) is 6.74. The quantitative estimate of drug-likeness (QED) is 0.763. The molecule has 110 valence electrons. The van der Waals surface area contributed by atoms with Gasteiger partial charge in [-0.05, 0) is 31.0 Å². The molecule has 0 spiro atoms. The Kier molecular flexibility index (Phi) is 6.56. The summed E-state index contributed by atoms with van der Waals surface area (Å²) in [6.07, 6.45) is 1.07. The molecule has 0 aliphatic carbocycles. The number of carbonyl (C=O) groups excluding carboxylic acids is 1. The average Bonchev–Trinajstić information content (AvgIpc) is 2.35. The maximum Gasteiger partial charge on any atom is 0.305 e. The molecule has 0 radical (unpaired) electrons. The molecule has 1 unspecified atom stereocenters. The second kappa shape index (κ2) is 8.19. The van der Waals surface area contributed by atoms with E-state index in [1.807, 2.05) is 31.2 Å². The first-order chi connectivity index (χ1) is 9.51. The topological polar surface area (TPSA) is 75.6 Å². The van der Waals surface area contributed by atoms with Crippen molar-refractivity contribution in [3.05, 3.63) is 29.8 Å². The molecule has 5 heteroatoms. The van der Waals surface area contributed by atoms with Gasteiger partial charge in [0.2, 0.25) is 5.91 Å². The molecule has 1 aromatic carbocycles. The summed E-state index contributed by atoms with van der Waals surface area (Å²) < 4.78 is 5.50. The van der Waals surface area contributed by atoms with E-state index in [4.69, 9.17) is 9.84 Å². The number of carboxylic acids is 1. The van der Waals surface area contributed by atoms with Gasteiger partial charge in [-0.25, -0.2) is 0 Å². The van der Waals surface area contributed by atoms with Crippen molar-refractivity contribution in [1.82, 2.24) is 5.32 Å². The lowest BCUT2D eigenvalue weighted by atomic mass is 10.1. The SMILES string of the molecule is CCCOc1cccc(CC(=O)NC(C)CC(=O)O)c1. The lowest BCUT2D eigenvalue weighted by molar-refractivity contribution is -0.137. The third-order valence-electron chi connectivity index (χ3n) is 2.62. The molecule has 1 amide bonds. The van der Waals surface area contributed by atoms with Crippen LogP contribution in [0.5, 0.6) is 5.75 Å². The zero-order chi connectivity index (χ0) is 15.0. The van der Waals surface area contributed by atoms with Crippen LogP contribution in [0.15, 0.2) is 24.3 Å². The molecule has 1 rings (SSSR count). The van der Waals surface area contributed by atoms with Gasteiger partial charge < -0.3 is 15.2 Å². The van der Waals surface area contributed by atoms with Gasteiger partial charge in [-0.3, -0.25) is 9.59 Å². The van der Waals surface area contributed by atoms with Gasteiger partial charge in [0.1, 0.15) is 5.75 Å². The third kappa shape index (κ3) is 6.22. The minimum Gasteiger partial charge on any atom is -0.494 e. The van der Waals surface area contributed by atoms with Gasteiger partial charge in [0.05, 0.1) is 19.4 Å². The molecule has 20 heavy (non-hydrogen) atoms. The van der Waals surface area contributed by atoms with E-state index in [1.54, 1.807) is 6.92 Å². The molecule has 0 aromatic heterocycles. The summed E-state index contributed by atoms with van der Waals surface area (Å²) in [6.45, 7) is 4.35. The van der Waals surface area contributed by atoms with Crippen LogP contribution in [-0.4, -0.2) is 29.6 Å². The van der Waals surface area contributed by atoms with Crippen LogP contribution in [0, 0.1) is 0 Å². The average molecular weight is 279 g/mol. The van der Waals surface area contributed by atoms with Gasteiger partial charge >= 0.3 is 5.97 Å². The van der Waals surface area contributed by atoms with E-state index in [2.05, 4.69) is 5.32 Å². The van der Waals surface area contributed by atoms with Crippen LogP contribution >= 0.6 is 0 Å². The smallest absolute Gasteiger partial charge is 0.305 e. The van der Waals surface area contributed by atoms with Crippen molar-refractivity contribution in [3.8, 4) is 5.75 Å². The van der Waals surface area contributed by atoms with Crippen molar-refractivity contribution in [3.63, 3.8) is 0 Å². The van der Waals surface area contributed by atoms with E-state index in [0.717, 1.165) is 17.7 Å². The van der Waals surface area contributed by atoms with Gasteiger partial charge in [-0.1, -0.05) is 19.1 Å². The highest BCUT2D eigenvalue weighted by Crippen LogP contribution is 2.14. The predicted octanol–water partition coefficient (Wildman–Crippen LogP) is 2.00. The number of hydrogen-bond donors (Lipinski definition) is 2. The molecular formula is C15H21NO4. The normalized spacial score (nSPS) is 11.7. The minimum absolute atomic E-state index is 0.0780. The van der Waals surface area contributed by atoms with E-state index >= 15 is 0 Å². The summed E-state index contributed by atoms with van der Waals surface area (Å²) in [7, 11) is 0. The van der Waals surface area contributed by atoms with Crippen LogP contribution in [0.1, 0.15) is 32.3 Å². The fourth-order valence-electron chi connectivity index (χ4n) is 1.79. The molecule has 0 fully saturated rings. The number of hydrogen-bond acceptors (Lipinski definition) is 3. The van der Waals surface area contributed by atoms with Gasteiger partial charge in [0, 0.05) is 6.04 Å². The Hall–Kier alpha value is -2.04. The van der Waals surface area contributed by atoms with Crippen molar-refractivity contribution < 1.29 is 19.4 Å². The Bertz CT molecular complexity index is 459. The Morgan fingerprint density at radius 3 is 2.80 bits per heavy atom. The molecular weight excluding hydrogens is 258 g/mol. The van der Waals surface area contributed by atoms with Crippen molar-refractivity contribution >= 4 is 11.9 Å².